The molecular weight excluding hydrogens is 298 g/mol. The average molecular weight is 321 g/mol. The zero-order valence-corrected chi connectivity index (χ0v) is 14.4. The molecule has 0 unspecified atom stereocenters. The summed E-state index contributed by atoms with van der Waals surface area (Å²) in [4.78, 5) is 17.6. The molecule has 0 saturated carbocycles. The van der Waals surface area contributed by atoms with E-state index in [2.05, 4.69) is 25.7 Å². The fourth-order valence-electron chi connectivity index (χ4n) is 2.44. The lowest BCUT2D eigenvalue weighted by Crippen LogP contribution is -2.42. The number of thioether (sulfide) groups is 1. The topological polar surface area (TPSA) is 58.7 Å². The van der Waals surface area contributed by atoms with Crippen molar-refractivity contribution in [1.82, 2.24) is 4.90 Å². The van der Waals surface area contributed by atoms with Crippen LogP contribution >= 0.6 is 11.8 Å². The van der Waals surface area contributed by atoms with E-state index in [9.17, 15) is 10.1 Å². The Morgan fingerprint density at radius 1 is 1.45 bits per heavy atom. The minimum Gasteiger partial charge on any atom is -0.345 e. The number of aryl methyl sites for hydroxylation is 1. The second kappa shape index (κ2) is 6.69. The van der Waals surface area contributed by atoms with Gasteiger partial charge < -0.3 is 4.90 Å². The Morgan fingerprint density at radius 2 is 2.18 bits per heavy atom. The van der Waals surface area contributed by atoms with E-state index in [1.54, 1.807) is 23.9 Å². The molecule has 0 N–H and O–H groups in total. The maximum atomic E-state index is 10.8. The van der Waals surface area contributed by atoms with E-state index in [-0.39, 0.29) is 16.1 Å². The Kier molecular flexibility index (Phi) is 5.11. The molecule has 1 aliphatic heterocycles. The molecule has 22 heavy (non-hydrogen) atoms. The van der Waals surface area contributed by atoms with Crippen LogP contribution in [0.25, 0.3) is 0 Å². The number of hydrogen-bond donors (Lipinski definition) is 0. The van der Waals surface area contributed by atoms with Gasteiger partial charge in [-0.1, -0.05) is 25.1 Å². The Hall–Kier alpha value is -1.56. The number of nitro benzene ring substituents is 1. The molecule has 0 amide bonds. The minimum absolute atomic E-state index is 0.105. The standard InChI is InChI=1S/C16H23N3O2S/c1-5-6-9-18-15(22-11-16(18,3)4)17-14-8-7-13(19(20)21)10-12(14)2/h7-8,10H,5-6,9,11H2,1-4H3. The highest BCUT2D eigenvalue weighted by Gasteiger charge is 2.36. The molecule has 1 aromatic carbocycles. The van der Waals surface area contributed by atoms with E-state index >= 15 is 0 Å². The fraction of sp³-hybridized carbons (Fsp3) is 0.562. The molecule has 0 atom stereocenters. The van der Waals surface area contributed by atoms with E-state index in [0.717, 1.165) is 41.6 Å². The summed E-state index contributed by atoms with van der Waals surface area (Å²) in [7, 11) is 0. The lowest BCUT2D eigenvalue weighted by molar-refractivity contribution is -0.384. The fourth-order valence-corrected chi connectivity index (χ4v) is 3.74. The summed E-state index contributed by atoms with van der Waals surface area (Å²) in [5.74, 6) is 1.02. The molecule has 1 fully saturated rings. The summed E-state index contributed by atoms with van der Waals surface area (Å²) < 4.78 is 0. The second-order valence-electron chi connectivity index (χ2n) is 6.23. The highest BCUT2D eigenvalue weighted by atomic mass is 32.2. The molecule has 5 nitrogen and oxygen atoms in total. The molecule has 2 rings (SSSR count). The first-order valence-electron chi connectivity index (χ1n) is 7.59. The van der Waals surface area contributed by atoms with Crippen LogP contribution in [0, 0.1) is 17.0 Å². The van der Waals surface area contributed by atoms with Gasteiger partial charge in [0, 0.05) is 30.0 Å². The third-order valence-corrected chi connectivity index (χ3v) is 5.28. The van der Waals surface area contributed by atoms with E-state index in [1.807, 2.05) is 6.92 Å². The highest BCUT2D eigenvalue weighted by molar-refractivity contribution is 8.14. The molecule has 0 bridgehead atoms. The number of hydrogen-bond acceptors (Lipinski definition) is 4. The smallest absolute Gasteiger partial charge is 0.269 e. The van der Waals surface area contributed by atoms with Gasteiger partial charge in [0.1, 0.15) is 0 Å². The van der Waals surface area contributed by atoms with E-state index in [0.29, 0.717) is 0 Å². The molecule has 0 aromatic heterocycles. The monoisotopic (exact) mass is 321 g/mol. The highest BCUT2D eigenvalue weighted by Crippen LogP contribution is 2.35. The first-order valence-corrected chi connectivity index (χ1v) is 8.58. The number of aliphatic imine (C=N–C) groups is 1. The van der Waals surface area contributed by atoms with Crippen molar-refractivity contribution in [3.05, 3.63) is 33.9 Å². The second-order valence-corrected chi connectivity index (χ2v) is 7.17. The van der Waals surface area contributed by atoms with Crippen molar-refractivity contribution in [1.29, 1.82) is 0 Å². The third kappa shape index (κ3) is 3.61. The summed E-state index contributed by atoms with van der Waals surface area (Å²) in [6.45, 7) is 9.53. The van der Waals surface area contributed by atoms with Gasteiger partial charge in [-0.2, -0.15) is 0 Å². The third-order valence-electron chi connectivity index (χ3n) is 3.86. The van der Waals surface area contributed by atoms with Crippen LogP contribution < -0.4 is 0 Å². The van der Waals surface area contributed by atoms with Gasteiger partial charge in [0.25, 0.3) is 5.69 Å². The van der Waals surface area contributed by atoms with E-state index < -0.39 is 0 Å². The van der Waals surface area contributed by atoms with Crippen molar-refractivity contribution in [2.24, 2.45) is 4.99 Å². The SMILES string of the molecule is CCCCN1C(=Nc2ccc([N+](=O)[O-])cc2C)SCC1(C)C. The number of non-ortho nitro benzene ring substituents is 1. The number of rotatable bonds is 5. The number of nitro groups is 1. The van der Waals surface area contributed by atoms with Gasteiger partial charge in [0.05, 0.1) is 10.6 Å². The van der Waals surface area contributed by atoms with Gasteiger partial charge in [-0.3, -0.25) is 10.1 Å². The van der Waals surface area contributed by atoms with Gasteiger partial charge in [0.2, 0.25) is 0 Å². The molecule has 120 valence electrons. The van der Waals surface area contributed by atoms with E-state index in [1.165, 1.54) is 6.07 Å². The summed E-state index contributed by atoms with van der Waals surface area (Å²) in [5, 5.41) is 11.8. The molecule has 1 saturated heterocycles. The Bertz CT molecular complexity index is 599. The maximum Gasteiger partial charge on any atom is 0.269 e. The zero-order valence-electron chi connectivity index (χ0n) is 13.6. The molecule has 1 aromatic rings. The van der Waals surface area contributed by atoms with Crippen LogP contribution in [0.5, 0.6) is 0 Å². The Labute approximate surface area is 136 Å². The van der Waals surface area contributed by atoms with Crippen molar-refractivity contribution in [3.8, 4) is 0 Å². The van der Waals surface area contributed by atoms with Crippen LogP contribution in [-0.2, 0) is 0 Å². The van der Waals surface area contributed by atoms with Crippen molar-refractivity contribution >= 4 is 28.3 Å². The van der Waals surface area contributed by atoms with Crippen LogP contribution in [0.1, 0.15) is 39.2 Å². The number of benzene rings is 1. The number of amidine groups is 1. The van der Waals surface area contributed by atoms with Crippen LogP contribution in [0.2, 0.25) is 0 Å². The predicted octanol–water partition coefficient (Wildman–Crippen LogP) is 4.52. The first kappa shape index (κ1) is 16.8. The molecule has 0 aliphatic carbocycles. The molecule has 1 heterocycles. The van der Waals surface area contributed by atoms with Crippen LogP contribution in [-0.4, -0.2) is 32.8 Å². The maximum absolute atomic E-state index is 10.8. The van der Waals surface area contributed by atoms with E-state index in [4.69, 9.17) is 4.99 Å². The zero-order chi connectivity index (χ0) is 16.3. The van der Waals surface area contributed by atoms with Gasteiger partial charge >= 0.3 is 0 Å². The van der Waals surface area contributed by atoms with Crippen LogP contribution in [0.15, 0.2) is 23.2 Å². The molecular formula is C16H23N3O2S. The first-order chi connectivity index (χ1) is 10.3. The van der Waals surface area contributed by atoms with Crippen molar-refractivity contribution in [2.45, 2.75) is 46.1 Å². The lowest BCUT2D eigenvalue weighted by Gasteiger charge is -2.32. The summed E-state index contributed by atoms with van der Waals surface area (Å²) >= 11 is 1.76. The quantitative estimate of drug-likeness (QED) is 0.591. The van der Waals surface area contributed by atoms with Crippen molar-refractivity contribution < 1.29 is 4.92 Å². The largest absolute Gasteiger partial charge is 0.345 e. The van der Waals surface area contributed by atoms with Crippen molar-refractivity contribution in [3.63, 3.8) is 0 Å². The van der Waals surface area contributed by atoms with Gasteiger partial charge in [-0.05, 0) is 38.8 Å². The lowest BCUT2D eigenvalue weighted by atomic mass is 10.1. The summed E-state index contributed by atoms with van der Waals surface area (Å²) in [5.41, 5.74) is 1.87. The van der Waals surface area contributed by atoms with Gasteiger partial charge in [-0.15, -0.1) is 0 Å². The Morgan fingerprint density at radius 3 is 2.77 bits per heavy atom. The van der Waals surface area contributed by atoms with Crippen LogP contribution in [0.4, 0.5) is 11.4 Å². The predicted molar refractivity (Wildman–Crippen MR) is 93.1 cm³/mol. The minimum atomic E-state index is -0.370. The van der Waals surface area contributed by atoms with Gasteiger partial charge in [-0.25, -0.2) is 4.99 Å². The molecule has 0 spiro atoms. The van der Waals surface area contributed by atoms with Crippen LogP contribution in [0.3, 0.4) is 0 Å². The summed E-state index contributed by atoms with van der Waals surface area (Å²) in [6, 6.07) is 4.85. The van der Waals surface area contributed by atoms with Gasteiger partial charge in [0.15, 0.2) is 5.17 Å². The molecule has 1 aliphatic rings. The van der Waals surface area contributed by atoms with Crippen molar-refractivity contribution in [2.75, 3.05) is 12.3 Å². The average Bonchev–Trinajstić information content (AvgIpc) is 2.73. The molecule has 6 heteroatoms. The Balaban J connectivity index is 2.29. The number of unbranched alkanes of at least 4 members (excludes halogenated alkanes) is 1. The summed E-state index contributed by atoms with van der Waals surface area (Å²) in [6.07, 6.45) is 2.29. The normalized spacial score (nSPS) is 18.9. The number of nitrogens with zero attached hydrogens (tertiary/aromatic N) is 3. The molecule has 0 radical (unpaired) electrons.